The maximum absolute atomic E-state index is 12.3. The Morgan fingerprint density at radius 2 is 1.90 bits per heavy atom. The molecule has 0 aliphatic heterocycles. The van der Waals surface area contributed by atoms with Crippen LogP contribution in [0.25, 0.3) is 22.5 Å². The molecule has 0 amide bonds. The molecule has 2 heterocycles. The van der Waals surface area contributed by atoms with Gasteiger partial charge in [0, 0.05) is 19.7 Å². The predicted molar refractivity (Wildman–Crippen MR) is 109 cm³/mol. The minimum atomic E-state index is -3.53. The molecule has 150 valence electrons. The second kappa shape index (κ2) is 7.62. The lowest BCUT2D eigenvalue weighted by Crippen LogP contribution is -2.22. The number of nitrogens with zero attached hydrogens (tertiary/aromatic N) is 4. The summed E-state index contributed by atoms with van der Waals surface area (Å²) in [6.07, 6.45) is 0. The van der Waals surface area contributed by atoms with Crippen LogP contribution >= 0.6 is 11.8 Å². The fourth-order valence-corrected chi connectivity index (χ4v) is 4.29. The van der Waals surface area contributed by atoms with Gasteiger partial charge in [-0.15, -0.1) is 0 Å². The molecule has 0 atom stereocenters. The second-order valence-corrected chi connectivity index (χ2v) is 9.59. The van der Waals surface area contributed by atoms with Crippen molar-refractivity contribution in [2.75, 3.05) is 14.1 Å². The number of fused-ring (bicyclic) bond motifs is 1. The third-order valence-corrected chi connectivity index (χ3v) is 6.92. The quantitative estimate of drug-likeness (QED) is 0.426. The van der Waals surface area contributed by atoms with Crippen LogP contribution in [0.2, 0.25) is 0 Å². The summed E-state index contributed by atoms with van der Waals surface area (Å²) in [5, 5.41) is 4.43. The molecule has 0 saturated heterocycles. The normalized spacial score (nSPS) is 12.1. The van der Waals surface area contributed by atoms with Crippen molar-refractivity contribution in [3.8, 4) is 11.4 Å². The maximum atomic E-state index is 12.3. The van der Waals surface area contributed by atoms with Crippen LogP contribution in [0.3, 0.4) is 0 Å². The van der Waals surface area contributed by atoms with Crippen molar-refractivity contribution in [3.63, 3.8) is 0 Å². The van der Waals surface area contributed by atoms with Crippen molar-refractivity contribution in [2.45, 2.75) is 22.8 Å². The minimum Gasteiger partial charge on any atom is -0.431 e. The van der Waals surface area contributed by atoms with Gasteiger partial charge in [0.05, 0.1) is 10.6 Å². The molecule has 8 nitrogen and oxygen atoms in total. The first kappa shape index (κ1) is 19.6. The first-order chi connectivity index (χ1) is 13.8. The number of benzene rings is 2. The average molecular weight is 431 g/mol. The van der Waals surface area contributed by atoms with Crippen molar-refractivity contribution in [1.29, 1.82) is 0 Å². The van der Waals surface area contributed by atoms with Crippen molar-refractivity contribution < 1.29 is 17.4 Å². The Kier molecular flexibility index (Phi) is 5.15. The monoisotopic (exact) mass is 430 g/mol. The van der Waals surface area contributed by atoms with Gasteiger partial charge in [-0.05, 0) is 30.7 Å². The lowest BCUT2D eigenvalue weighted by Gasteiger charge is -2.10. The molecule has 0 fully saturated rings. The molecule has 0 saturated carbocycles. The fraction of sp³-hybridized carbons (Fsp3) is 0.211. The van der Waals surface area contributed by atoms with Crippen LogP contribution in [-0.4, -0.2) is 41.9 Å². The van der Waals surface area contributed by atoms with Crippen LogP contribution in [0, 0.1) is 6.92 Å². The van der Waals surface area contributed by atoms with Gasteiger partial charge in [-0.25, -0.2) is 17.7 Å². The molecule has 10 heteroatoms. The van der Waals surface area contributed by atoms with E-state index >= 15 is 0 Å². The molecule has 0 spiro atoms. The van der Waals surface area contributed by atoms with Gasteiger partial charge in [0.2, 0.25) is 21.7 Å². The van der Waals surface area contributed by atoms with Crippen LogP contribution in [-0.2, 0) is 15.8 Å². The predicted octanol–water partition coefficient (Wildman–Crippen LogP) is 3.73. The first-order valence-electron chi connectivity index (χ1n) is 8.69. The number of hydrogen-bond acceptors (Lipinski definition) is 8. The van der Waals surface area contributed by atoms with Gasteiger partial charge in [0.15, 0.2) is 5.58 Å². The highest BCUT2D eigenvalue weighted by Crippen LogP contribution is 2.28. The van der Waals surface area contributed by atoms with Crippen LogP contribution in [0.15, 0.2) is 61.5 Å². The van der Waals surface area contributed by atoms with Crippen LogP contribution in [0.4, 0.5) is 0 Å². The van der Waals surface area contributed by atoms with Gasteiger partial charge in [-0.2, -0.15) is 4.98 Å². The smallest absolute Gasteiger partial charge is 0.257 e. The second-order valence-electron chi connectivity index (χ2n) is 6.51. The molecule has 0 unspecified atom stereocenters. The van der Waals surface area contributed by atoms with Gasteiger partial charge < -0.3 is 8.94 Å². The summed E-state index contributed by atoms with van der Waals surface area (Å²) in [5.74, 6) is 1.37. The van der Waals surface area contributed by atoms with E-state index in [9.17, 15) is 8.42 Å². The van der Waals surface area contributed by atoms with Crippen molar-refractivity contribution in [1.82, 2.24) is 19.4 Å². The Morgan fingerprint density at radius 1 is 1.10 bits per heavy atom. The van der Waals surface area contributed by atoms with E-state index in [2.05, 4.69) is 15.1 Å². The molecule has 0 aliphatic rings. The molecule has 0 bridgehead atoms. The van der Waals surface area contributed by atoms with E-state index in [1.165, 1.54) is 38.0 Å². The van der Waals surface area contributed by atoms with E-state index in [0.29, 0.717) is 33.8 Å². The topological polar surface area (TPSA) is 102 Å². The average Bonchev–Trinajstić information content (AvgIpc) is 3.32. The lowest BCUT2D eigenvalue weighted by atomic mass is 10.1. The number of sulfonamides is 1. The summed E-state index contributed by atoms with van der Waals surface area (Å²) in [5.41, 5.74) is 2.97. The van der Waals surface area contributed by atoms with Crippen LogP contribution < -0.4 is 0 Å². The number of aromatic nitrogens is 3. The third kappa shape index (κ3) is 3.91. The zero-order valence-electron chi connectivity index (χ0n) is 16.0. The van der Waals surface area contributed by atoms with E-state index in [4.69, 9.17) is 8.94 Å². The third-order valence-electron chi connectivity index (χ3n) is 4.29. The number of aryl methyl sites for hydroxylation is 1. The minimum absolute atomic E-state index is 0.166. The number of oxazole rings is 1. The highest BCUT2D eigenvalue weighted by molar-refractivity contribution is 7.98. The standard InChI is InChI=1S/C19H18N4O4S2/c1-12-6-4-5-7-14(12)18-21-17(27-22-18)11-28-19-20-15-10-13(8-9-16(15)26-19)29(24,25)23(2)3/h4-10H,11H2,1-3H3. The molecular weight excluding hydrogens is 412 g/mol. The number of thioether (sulfide) groups is 1. The van der Waals surface area contributed by atoms with E-state index in [0.717, 1.165) is 15.4 Å². The molecule has 29 heavy (non-hydrogen) atoms. The SMILES string of the molecule is Cc1ccccc1-c1noc(CSc2nc3cc(S(=O)(=O)N(C)C)ccc3o2)n1. The number of hydrogen-bond donors (Lipinski definition) is 0. The molecule has 0 radical (unpaired) electrons. The Bertz CT molecular complexity index is 1280. The van der Waals surface area contributed by atoms with E-state index < -0.39 is 10.0 Å². The summed E-state index contributed by atoms with van der Waals surface area (Å²) in [7, 11) is -0.559. The van der Waals surface area contributed by atoms with Gasteiger partial charge >= 0.3 is 0 Å². The van der Waals surface area contributed by atoms with Crippen molar-refractivity contribution in [2.24, 2.45) is 0 Å². The van der Waals surface area contributed by atoms with Gasteiger partial charge in [-0.1, -0.05) is 41.2 Å². The maximum Gasteiger partial charge on any atom is 0.257 e. The summed E-state index contributed by atoms with van der Waals surface area (Å²) < 4.78 is 36.7. The fourth-order valence-electron chi connectivity index (χ4n) is 2.69. The molecule has 4 rings (SSSR count). The highest BCUT2D eigenvalue weighted by atomic mass is 32.2. The van der Waals surface area contributed by atoms with E-state index in [-0.39, 0.29) is 4.90 Å². The molecular formula is C19H18N4O4S2. The molecule has 0 aliphatic carbocycles. The largest absolute Gasteiger partial charge is 0.431 e. The summed E-state index contributed by atoms with van der Waals surface area (Å²) in [6.45, 7) is 1.99. The van der Waals surface area contributed by atoms with Crippen molar-refractivity contribution in [3.05, 3.63) is 53.9 Å². The van der Waals surface area contributed by atoms with Crippen LogP contribution in [0.1, 0.15) is 11.5 Å². The summed E-state index contributed by atoms with van der Waals surface area (Å²) in [4.78, 5) is 8.95. The number of rotatable bonds is 6. The Labute approximate surface area is 172 Å². The Balaban J connectivity index is 1.51. The summed E-state index contributed by atoms with van der Waals surface area (Å²) in [6, 6.07) is 12.4. The van der Waals surface area contributed by atoms with E-state index in [1.54, 1.807) is 6.07 Å². The zero-order valence-corrected chi connectivity index (χ0v) is 17.6. The molecule has 0 N–H and O–H groups in total. The van der Waals surface area contributed by atoms with E-state index in [1.807, 2.05) is 31.2 Å². The highest BCUT2D eigenvalue weighted by Gasteiger charge is 2.19. The van der Waals surface area contributed by atoms with Crippen molar-refractivity contribution >= 4 is 32.9 Å². The van der Waals surface area contributed by atoms with Gasteiger partial charge in [0.1, 0.15) is 5.52 Å². The zero-order chi connectivity index (χ0) is 20.6. The molecule has 2 aromatic carbocycles. The van der Waals surface area contributed by atoms with Gasteiger partial charge in [0.25, 0.3) is 5.22 Å². The Hall–Kier alpha value is -2.69. The van der Waals surface area contributed by atoms with Gasteiger partial charge in [-0.3, -0.25) is 0 Å². The Morgan fingerprint density at radius 3 is 2.66 bits per heavy atom. The first-order valence-corrected chi connectivity index (χ1v) is 11.1. The molecule has 4 aromatic rings. The summed E-state index contributed by atoms with van der Waals surface area (Å²) >= 11 is 1.30. The lowest BCUT2D eigenvalue weighted by molar-refractivity contribution is 0.391. The molecule has 2 aromatic heterocycles. The van der Waals surface area contributed by atoms with Crippen LogP contribution in [0.5, 0.6) is 0 Å².